The monoisotopic (exact) mass is 600 g/mol. The van der Waals surface area contributed by atoms with E-state index in [9.17, 15) is 31.7 Å². The Hall–Kier alpha value is -4.11. The van der Waals surface area contributed by atoms with Crippen molar-refractivity contribution in [2.45, 2.75) is 29.8 Å². The summed E-state index contributed by atoms with van der Waals surface area (Å²) in [7, 11) is -5.80. The van der Waals surface area contributed by atoms with Crippen LogP contribution in [0, 0.1) is 0 Å². The predicted molar refractivity (Wildman–Crippen MR) is 147 cm³/mol. The molecule has 0 aliphatic heterocycles. The van der Waals surface area contributed by atoms with E-state index < -0.39 is 41.7 Å². The lowest BCUT2D eigenvalue weighted by molar-refractivity contribution is -0.166. The van der Waals surface area contributed by atoms with Crippen molar-refractivity contribution < 1.29 is 46.6 Å². The maximum Gasteiger partial charge on any atom is 0.399 e. The van der Waals surface area contributed by atoms with Gasteiger partial charge in [0.25, 0.3) is 0 Å². The molecule has 0 amide bonds. The van der Waals surface area contributed by atoms with Crippen LogP contribution in [0.1, 0.15) is 38.2 Å². The largest absolute Gasteiger partial charge is 0.477 e. The van der Waals surface area contributed by atoms with Gasteiger partial charge in [-0.05, 0) is 29.5 Å². The summed E-state index contributed by atoms with van der Waals surface area (Å²) in [5.41, 5.74) is -5.74. The van der Waals surface area contributed by atoms with Crippen LogP contribution >= 0.6 is 7.60 Å². The Bertz CT molecular complexity index is 1610. The molecular weight excluding hydrogens is 575 g/mol. The molecule has 0 spiro atoms. The molecule has 1 unspecified atom stereocenters. The van der Waals surface area contributed by atoms with E-state index in [1.807, 2.05) is 0 Å². The molecule has 0 radical (unpaired) electrons. The number of carboxylic acids is 1. The highest BCUT2D eigenvalue weighted by atomic mass is 31.2. The molecule has 0 fully saturated rings. The van der Waals surface area contributed by atoms with Gasteiger partial charge in [-0.2, -0.15) is 17.6 Å². The lowest BCUT2D eigenvalue weighted by Gasteiger charge is -2.34. The summed E-state index contributed by atoms with van der Waals surface area (Å²) in [4.78, 5) is 43.6. The molecule has 3 N–H and O–H groups in total. The Labute approximate surface area is 238 Å². The Morgan fingerprint density at radius 3 is 1.48 bits per heavy atom. The predicted octanol–water partition coefficient (Wildman–Crippen LogP) is 6.70. The molecule has 6 nitrogen and oxygen atoms in total. The first-order chi connectivity index (χ1) is 19.7. The summed E-state index contributed by atoms with van der Waals surface area (Å²) in [5.74, 6) is -6.77. The van der Waals surface area contributed by atoms with E-state index >= 15 is 0 Å². The third-order valence-electron chi connectivity index (χ3n) is 7.06. The molecule has 0 saturated heterocycles. The quantitative estimate of drug-likeness (QED) is 0.100. The van der Waals surface area contributed by atoms with Gasteiger partial charge in [-0.15, -0.1) is 0 Å². The molecule has 0 aliphatic rings. The summed E-state index contributed by atoms with van der Waals surface area (Å²) in [5, 5.41) is 8.89. The maximum atomic E-state index is 14.3. The summed E-state index contributed by atoms with van der Waals surface area (Å²) in [6, 6.07) is 25.7. The first kappa shape index (κ1) is 30.8. The minimum absolute atomic E-state index is 0.0376. The van der Waals surface area contributed by atoms with Crippen molar-refractivity contribution in [3.8, 4) is 0 Å². The molecule has 0 aromatic heterocycles. The van der Waals surface area contributed by atoms with Crippen LogP contribution in [0.2, 0.25) is 0 Å². The second-order valence-electron chi connectivity index (χ2n) is 9.86. The standard InChI is InChI=1S/C31H25F4O6P/c32-30(33,28(37)38)25-15-11-21(12-16-25)19-29(24-9-5-2-6-10-24,27(36)23-7-3-1-4-8-23)20-22-13-17-26(18-14-22)31(34,35)42(39,40)41/h1-18H,19-20H2,(H,37,38)(H2,39,40,41). The molecule has 11 heteroatoms. The molecule has 4 aromatic rings. The van der Waals surface area contributed by atoms with E-state index in [4.69, 9.17) is 14.9 Å². The Balaban J connectivity index is 1.84. The number of Topliss-reactive ketones (excluding diaryl/α,β-unsaturated/α-hetero) is 1. The summed E-state index contributed by atoms with van der Waals surface area (Å²) >= 11 is 0. The smallest absolute Gasteiger partial charge is 0.399 e. The number of carbonyl (C=O) groups is 2. The maximum absolute atomic E-state index is 14.3. The molecule has 4 rings (SSSR count). The molecule has 0 bridgehead atoms. The van der Waals surface area contributed by atoms with E-state index in [1.54, 1.807) is 60.7 Å². The fourth-order valence-electron chi connectivity index (χ4n) is 4.82. The Kier molecular flexibility index (Phi) is 8.55. The SMILES string of the molecule is O=C(O)C(F)(F)c1ccc(CC(Cc2ccc(C(F)(F)P(=O)(O)O)cc2)(C(=O)c2ccccc2)c2ccccc2)cc1. The number of hydrogen-bond donors (Lipinski definition) is 3. The first-order valence-corrected chi connectivity index (χ1v) is 14.2. The summed E-state index contributed by atoms with van der Waals surface area (Å²) < 4.78 is 68.1. The van der Waals surface area contributed by atoms with Crippen molar-refractivity contribution in [1.29, 1.82) is 0 Å². The van der Waals surface area contributed by atoms with Crippen molar-refractivity contribution >= 4 is 19.3 Å². The molecule has 0 aliphatic carbocycles. The second kappa shape index (κ2) is 11.6. The normalized spacial score (nSPS) is 13.8. The van der Waals surface area contributed by atoms with Crippen LogP contribution in [0.25, 0.3) is 0 Å². The number of carboxylic acid groups (broad SMARTS) is 1. The summed E-state index contributed by atoms with van der Waals surface area (Å²) in [6.07, 6.45) is -0.0937. The molecular formula is C31H25F4O6P. The lowest BCUT2D eigenvalue weighted by atomic mass is 9.67. The average Bonchev–Trinajstić information content (AvgIpc) is 2.97. The molecule has 4 aromatic carbocycles. The summed E-state index contributed by atoms with van der Waals surface area (Å²) in [6.45, 7) is 0. The van der Waals surface area contributed by atoms with E-state index in [0.29, 0.717) is 22.3 Å². The number of hydrogen-bond acceptors (Lipinski definition) is 3. The van der Waals surface area contributed by atoms with Gasteiger partial charge in [-0.3, -0.25) is 9.36 Å². The minimum atomic E-state index is -5.80. The van der Waals surface area contributed by atoms with Crippen molar-refractivity contribution in [2.24, 2.45) is 0 Å². The molecule has 1 atom stereocenters. The van der Waals surface area contributed by atoms with Crippen LogP contribution in [0.5, 0.6) is 0 Å². The highest BCUT2D eigenvalue weighted by Crippen LogP contribution is 2.59. The van der Waals surface area contributed by atoms with E-state index in [0.717, 1.165) is 24.3 Å². The van der Waals surface area contributed by atoms with Crippen LogP contribution in [-0.2, 0) is 39.2 Å². The Morgan fingerprint density at radius 2 is 1.05 bits per heavy atom. The van der Waals surface area contributed by atoms with Gasteiger partial charge < -0.3 is 14.9 Å². The molecule has 0 heterocycles. The van der Waals surface area contributed by atoms with Crippen LogP contribution in [-0.4, -0.2) is 26.6 Å². The van der Waals surface area contributed by atoms with E-state index in [2.05, 4.69) is 0 Å². The molecule has 0 saturated carbocycles. The van der Waals surface area contributed by atoms with Crippen molar-refractivity contribution in [1.82, 2.24) is 0 Å². The second-order valence-corrected chi connectivity index (χ2v) is 11.5. The zero-order valence-corrected chi connectivity index (χ0v) is 22.7. The number of alkyl halides is 4. The van der Waals surface area contributed by atoms with Crippen molar-refractivity contribution in [2.75, 3.05) is 0 Å². The number of carbonyl (C=O) groups excluding carboxylic acids is 1. The van der Waals surface area contributed by atoms with Crippen molar-refractivity contribution in [3.63, 3.8) is 0 Å². The minimum Gasteiger partial charge on any atom is -0.477 e. The highest BCUT2D eigenvalue weighted by molar-refractivity contribution is 7.52. The third-order valence-corrected chi connectivity index (χ3v) is 8.05. The van der Waals surface area contributed by atoms with Gasteiger partial charge in [-0.1, -0.05) is 109 Å². The van der Waals surface area contributed by atoms with Gasteiger partial charge in [0.2, 0.25) is 0 Å². The topological polar surface area (TPSA) is 112 Å². The number of ketones is 1. The fourth-order valence-corrected chi connectivity index (χ4v) is 5.31. The van der Waals surface area contributed by atoms with Gasteiger partial charge in [0.1, 0.15) is 0 Å². The van der Waals surface area contributed by atoms with Gasteiger partial charge in [0.15, 0.2) is 5.78 Å². The number of rotatable bonds is 11. The fraction of sp³-hybridized carbons (Fsp3) is 0.161. The number of benzene rings is 4. The average molecular weight is 601 g/mol. The van der Waals surface area contributed by atoms with Gasteiger partial charge in [0.05, 0.1) is 5.41 Å². The third kappa shape index (κ3) is 6.06. The van der Waals surface area contributed by atoms with Gasteiger partial charge >= 0.3 is 25.2 Å². The lowest BCUT2D eigenvalue weighted by Crippen LogP contribution is -2.40. The van der Waals surface area contributed by atoms with Gasteiger partial charge in [-0.25, -0.2) is 4.79 Å². The number of aliphatic carboxylic acids is 1. The van der Waals surface area contributed by atoms with Crippen LogP contribution in [0.15, 0.2) is 109 Å². The zero-order valence-electron chi connectivity index (χ0n) is 21.8. The van der Waals surface area contributed by atoms with Crippen LogP contribution in [0.3, 0.4) is 0 Å². The van der Waals surface area contributed by atoms with Crippen LogP contribution < -0.4 is 0 Å². The van der Waals surface area contributed by atoms with E-state index in [1.165, 1.54) is 24.3 Å². The van der Waals surface area contributed by atoms with Gasteiger partial charge in [0, 0.05) is 16.7 Å². The first-order valence-electron chi connectivity index (χ1n) is 12.6. The molecule has 42 heavy (non-hydrogen) atoms. The van der Waals surface area contributed by atoms with Crippen molar-refractivity contribution in [3.05, 3.63) is 143 Å². The zero-order chi connectivity index (χ0) is 30.8. The van der Waals surface area contributed by atoms with Crippen LogP contribution in [0.4, 0.5) is 17.6 Å². The Morgan fingerprint density at radius 1 is 0.619 bits per heavy atom. The number of halogens is 4. The highest BCUT2D eigenvalue weighted by Gasteiger charge is 2.50. The van der Waals surface area contributed by atoms with E-state index in [-0.39, 0.29) is 18.6 Å². The molecule has 218 valence electrons.